The van der Waals surface area contributed by atoms with Gasteiger partial charge in [0.25, 0.3) is 0 Å². The zero-order chi connectivity index (χ0) is 34.6. The summed E-state index contributed by atoms with van der Waals surface area (Å²) in [5.74, 6) is 0.947. The molecule has 0 saturated heterocycles. The van der Waals surface area contributed by atoms with E-state index in [1.807, 2.05) is 0 Å². The first-order chi connectivity index (χ1) is 24.8. The number of aryl methyl sites for hydroxylation is 1. The molecule has 6 aromatic rings. The number of hydrogen-bond donors (Lipinski definition) is 0. The molecule has 4 aliphatic rings. The van der Waals surface area contributed by atoms with E-state index in [1.165, 1.54) is 89.0 Å². The minimum atomic E-state index is -0.176. The monoisotopic (exact) mass is 659 g/mol. The van der Waals surface area contributed by atoms with Gasteiger partial charge < -0.3 is 0 Å². The first-order valence-corrected chi connectivity index (χ1v) is 19.1. The summed E-state index contributed by atoms with van der Waals surface area (Å²) in [6.07, 6.45) is 3.22. The number of aliphatic imine (C=N–C) groups is 1. The van der Waals surface area contributed by atoms with Crippen molar-refractivity contribution in [3.8, 4) is 22.3 Å². The molecule has 0 amide bonds. The van der Waals surface area contributed by atoms with Gasteiger partial charge in [0.05, 0.1) is 11.4 Å². The van der Waals surface area contributed by atoms with Crippen LogP contribution < -0.4 is 0 Å². The fourth-order valence-electron chi connectivity index (χ4n) is 10.7. The first-order valence-electron chi connectivity index (χ1n) is 19.1. The minimum Gasteiger partial charge on any atom is -0.256 e. The van der Waals surface area contributed by atoms with E-state index in [9.17, 15) is 0 Å². The highest BCUT2D eigenvalue weighted by atomic mass is 14.8. The molecular weight excluding hydrogens is 615 g/mol. The lowest BCUT2D eigenvalue weighted by atomic mass is 9.65. The minimum absolute atomic E-state index is 0.0137. The molecule has 0 aromatic heterocycles. The molecule has 3 unspecified atom stereocenters. The Hall–Kier alpha value is -5.01. The molecule has 0 saturated carbocycles. The van der Waals surface area contributed by atoms with Gasteiger partial charge in [-0.3, -0.25) is 4.99 Å². The SMILES string of the molecule is CCC1C(c2ccc3c(c2)-c2ccccc2C3(C)C)=NC2=C(c3ccccc3C2(C)C)C1C1CCc2cc3ccccc3cc2-c2ccccc21. The van der Waals surface area contributed by atoms with Crippen LogP contribution in [0.15, 0.2) is 138 Å². The predicted molar refractivity (Wildman–Crippen MR) is 215 cm³/mol. The average molecular weight is 660 g/mol. The topological polar surface area (TPSA) is 12.4 Å². The van der Waals surface area contributed by atoms with Crippen molar-refractivity contribution in [3.05, 3.63) is 172 Å². The fourth-order valence-corrected chi connectivity index (χ4v) is 10.7. The lowest BCUT2D eigenvalue weighted by Gasteiger charge is -2.40. The second-order valence-electron chi connectivity index (χ2n) is 16.5. The van der Waals surface area contributed by atoms with E-state index < -0.39 is 0 Å². The Bertz CT molecular complexity index is 2490. The zero-order valence-electron chi connectivity index (χ0n) is 30.4. The van der Waals surface area contributed by atoms with E-state index in [2.05, 4.69) is 162 Å². The third-order valence-electron chi connectivity index (χ3n) is 13.2. The molecule has 3 atom stereocenters. The van der Waals surface area contributed by atoms with Gasteiger partial charge in [-0.1, -0.05) is 150 Å². The van der Waals surface area contributed by atoms with Gasteiger partial charge in [-0.15, -0.1) is 0 Å². The van der Waals surface area contributed by atoms with Crippen molar-refractivity contribution in [1.82, 2.24) is 0 Å². The molecule has 0 radical (unpaired) electrons. The third-order valence-corrected chi connectivity index (χ3v) is 13.2. The normalized spacial score (nSPS) is 21.9. The van der Waals surface area contributed by atoms with Crippen molar-refractivity contribution < 1.29 is 0 Å². The Kier molecular flexibility index (Phi) is 6.64. The van der Waals surface area contributed by atoms with Crippen molar-refractivity contribution in [2.24, 2.45) is 16.8 Å². The van der Waals surface area contributed by atoms with E-state index in [-0.39, 0.29) is 16.7 Å². The second-order valence-corrected chi connectivity index (χ2v) is 16.5. The average Bonchev–Trinajstić information content (AvgIpc) is 3.45. The van der Waals surface area contributed by atoms with Crippen molar-refractivity contribution in [3.63, 3.8) is 0 Å². The highest BCUT2D eigenvalue weighted by Gasteiger charge is 2.49. The molecule has 1 heterocycles. The summed E-state index contributed by atoms with van der Waals surface area (Å²) < 4.78 is 0. The molecule has 0 spiro atoms. The molecule has 0 bridgehead atoms. The number of benzene rings is 6. The van der Waals surface area contributed by atoms with Gasteiger partial charge in [-0.05, 0) is 115 Å². The molecular formula is C50H45N. The molecule has 1 nitrogen and oxygen atoms in total. The summed E-state index contributed by atoms with van der Waals surface area (Å²) in [7, 11) is 0. The predicted octanol–water partition coefficient (Wildman–Crippen LogP) is 12.7. The summed E-state index contributed by atoms with van der Waals surface area (Å²) in [5.41, 5.74) is 19.3. The van der Waals surface area contributed by atoms with E-state index in [0.717, 1.165) is 19.3 Å². The van der Waals surface area contributed by atoms with Crippen LogP contribution in [0.25, 0.3) is 38.6 Å². The quantitative estimate of drug-likeness (QED) is 0.179. The van der Waals surface area contributed by atoms with Gasteiger partial charge in [0.2, 0.25) is 0 Å². The third kappa shape index (κ3) is 4.30. The highest BCUT2D eigenvalue weighted by Crippen LogP contribution is 2.59. The lowest BCUT2D eigenvalue weighted by Crippen LogP contribution is -2.34. The Labute approximate surface area is 302 Å². The molecule has 10 rings (SSSR count). The van der Waals surface area contributed by atoms with E-state index in [0.29, 0.717) is 11.8 Å². The van der Waals surface area contributed by atoms with Gasteiger partial charge >= 0.3 is 0 Å². The van der Waals surface area contributed by atoms with E-state index in [4.69, 9.17) is 4.99 Å². The van der Waals surface area contributed by atoms with Crippen molar-refractivity contribution >= 4 is 22.1 Å². The maximum Gasteiger partial charge on any atom is 0.0548 e. The fraction of sp³-hybridized carbons (Fsp3) is 0.260. The van der Waals surface area contributed by atoms with Crippen LogP contribution in [-0.2, 0) is 17.3 Å². The summed E-state index contributed by atoms with van der Waals surface area (Å²) in [4.78, 5) is 5.85. The smallest absolute Gasteiger partial charge is 0.0548 e. The largest absolute Gasteiger partial charge is 0.256 e. The molecule has 0 fully saturated rings. The van der Waals surface area contributed by atoms with Crippen LogP contribution in [0.2, 0.25) is 0 Å². The number of rotatable bonds is 3. The van der Waals surface area contributed by atoms with Gasteiger partial charge in [-0.2, -0.15) is 0 Å². The van der Waals surface area contributed by atoms with Crippen LogP contribution >= 0.6 is 0 Å². The number of hydrogen-bond acceptors (Lipinski definition) is 1. The highest BCUT2D eigenvalue weighted by molar-refractivity contribution is 6.08. The van der Waals surface area contributed by atoms with Gasteiger partial charge in [0, 0.05) is 22.7 Å². The summed E-state index contributed by atoms with van der Waals surface area (Å²) in [6, 6.07) is 48.7. The first kappa shape index (κ1) is 30.8. The van der Waals surface area contributed by atoms with Gasteiger partial charge in [0.15, 0.2) is 0 Å². The summed E-state index contributed by atoms with van der Waals surface area (Å²) in [6.45, 7) is 12.0. The van der Waals surface area contributed by atoms with Crippen LogP contribution in [0.1, 0.15) is 92.3 Å². The van der Waals surface area contributed by atoms with Crippen LogP contribution in [0, 0.1) is 11.8 Å². The standard InChI is InChI=1S/C50H45N/c1-6-34-45(38-25-23-32-27-30-15-7-8-16-31(30)28-40(32)36-18-10-9-17-35(36)38)46-39-20-12-14-22-43(39)50(4,5)48(46)51-47(34)33-24-26-44-41(29-33)37-19-11-13-21-42(37)49(44,2)3/h7-22,24,26-29,34,38,45H,6,23,25H2,1-5H3. The molecule has 3 aliphatic carbocycles. The summed E-state index contributed by atoms with van der Waals surface area (Å²) in [5, 5.41) is 2.66. The van der Waals surface area contributed by atoms with Crippen LogP contribution in [0.4, 0.5) is 0 Å². The molecule has 6 aromatic carbocycles. The van der Waals surface area contributed by atoms with Crippen molar-refractivity contribution in [2.45, 2.75) is 70.6 Å². The van der Waals surface area contributed by atoms with Crippen LogP contribution in [0.3, 0.4) is 0 Å². The maximum atomic E-state index is 5.85. The van der Waals surface area contributed by atoms with Crippen LogP contribution in [0.5, 0.6) is 0 Å². The summed E-state index contributed by atoms with van der Waals surface area (Å²) >= 11 is 0. The number of fused-ring (bicyclic) bond motifs is 9. The Morgan fingerprint density at radius 1 is 0.588 bits per heavy atom. The maximum absolute atomic E-state index is 5.85. The molecule has 250 valence electrons. The Morgan fingerprint density at radius 2 is 1.22 bits per heavy atom. The van der Waals surface area contributed by atoms with E-state index in [1.54, 1.807) is 0 Å². The van der Waals surface area contributed by atoms with Gasteiger partial charge in [0.1, 0.15) is 0 Å². The molecule has 1 aliphatic heterocycles. The van der Waals surface area contributed by atoms with Crippen LogP contribution in [-0.4, -0.2) is 5.71 Å². The molecule has 51 heavy (non-hydrogen) atoms. The Balaban J connectivity index is 1.19. The molecule has 0 N–H and O–H groups in total. The second kappa shape index (κ2) is 11.0. The van der Waals surface area contributed by atoms with Crippen molar-refractivity contribution in [2.75, 3.05) is 0 Å². The van der Waals surface area contributed by atoms with Crippen molar-refractivity contribution in [1.29, 1.82) is 0 Å². The number of allylic oxidation sites excluding steroid dienone is 2. The van der Waals surface area contributed by atoms with Gasteiger partial charge in [-0.25, -0.2) is 0 Å². The lowest BCUT2D eigenvalue weighted by molar-refractivity contribution is 0.395. The van der Waals surface area contributed by atoms with E-state index >= 15 is 0 Å². The molecule has 1 heteroatoms. The Morgan fingerprint density at radius 3 is 1.98 bits per heavy atom. The number of nitrogens with zero attached hydrogens (tertiary/aromatic N) is 1. The zero-order valence-corrected chi connectivity index (χ0v) is 30.4.